The highest BCUT2D eigenvalue weighted by molar-refractivity contribution is 6.01. The lowest BCUT2D eigenvalue weighted by molar-refractivity contribution is -0.116. The van der Waals surface area contributed by atoms with Crippen LogP contribution >= 0.6 is 0 Å². The third-order valence-electron chi connectivity index (χ3n) is 6.09. The quantitative estimate of drug-likeness (QED) is 0.577. The molecule has 0 fully saturated rings. The van der Waals surface area contributed by atoms with Gasteiger partial charge in [0.2, 0.25) is 11.6 Å². The van der Waals surface area contributed by atoms with Crippen LogP contribution < -0.4 is 15.4 Å². The van der Waals surface area contributed by atoms with Crippen LogP contribution in [0.15, 0.2) is 64.4 Å². The molecule has 9 heteroatoms. The number of allylic oxidation sites excluding steroid dienone is 1. The van der Waals surface area contributed by atoms with Crippen molar-refractivity contribution in [1.29, 1.82) is 0 Å². The van der Waals surface area contributed by atoms with Crippen LogP contribution in [0.1, 0.15) is 46.3 Å². The summed E-state index contributed by atoms with van der Waals surface area (Å²) in [4.78, 5) is 25.3. The number of benzene rings is 2. The number of ketones is 1. The van der Waals surface area contributed by atoms with Crippen LogP contribution in [0.3, 0.4) is 0 Å². The number of hydrogen-bond acceptors (Lipinski definition) is 9. The lowest BCUT2D eigenvalue weighted by Crippen LogP contribution is -2.27. The van der Waals surface area contributed by atoms with Gasteiger partial charge in [-0.1, -0.05) is 24.3 Å². The van der Waals surface area contributed by atoms with E-state index in [4.69, 9.17) is 14.1 Å². The van der Waals surface area contributed by atoms with Crippen molar-refractivity contribution in [2.24, 2.45) is 0 Å². The van der Waals surface area contributed by atoms with Crippen LogP contribution in [0.25, 0.3) is 0 Å². The van der Waals surface area contributed by atoms with E-state index in [0.717, 1.165) is 22.6 Å². The summed E-state index contributed by atoms with van der Waals surface area (Å²) >= 11 is 0. The SMILES string of the molecule is COC(=O)c1ccc([C@@H]2Nc3nonc3NC3=C2C(=O)C[C@H](c2ccc(OC)cc2)C3)cc1. The Bertz CT molecular complexity index is 1230. The minimum atomic E-state index is -0.475. The largest absolute Gasteiger partial charge is 0.497 e. The molecule has 0 amide bonds. The summed E-state index contributed by atoms with van der Waals surface area (Å²) in [7, 11) is 2.96. The molecule has 0 saturated carbocycles. The molecule has 2 aliphatic rings. The summed E-state index contributed by atoms with van der Waals surface area (Å²) < 4.78 is 14.9. The summed E-state index contributed by atoms with van der Waals surface area (Å²) in [6.07, 6.45) is 0.999. The fourth-order valence-corrected chi connectivity index (χ4v) is 4.39. The first-order valence-corrected chi connectivity index (χ1v) is 10.5. The summed E-state index contributed by atoms with van der Waals surface area (Å²) in [6.45, 7) is 0. The minimum Gasteiger partial charge on any atom is -0.497 e. The number of carbonyl (C=O) groups is 2. The lowest BCUT2D eigenvalue weighted by Gasteiger charge is -2.29. The van der Waals surface area contributed by atoms with Crippen molar-refractivity contribution >= 4 is 23.4 Å². The molecule has 0 spiro atoms. The molecular weight excluding hydrogens is 424 g/mol. The van der Waals surface area contributed by atoms with E-state index in [1.807, 2.05) is 24.3 Å². The van der Waals surface area contributed by atoms with Crippen molar-refractivity contribution in [3.63, 3.8) is 0 Å². The van der Waals surface area contributed by atoms with Gasteiger partial charge in [-0.2, -0.15) is 0 Å². The average Bonchev–Trinajstić information content (AvgIpc) is 3.22. The number of carbonyl (C=O) groups excluding carboxylic acids is 2. The number of aromatic nitrogens is 2. The third-order valence-corrected chi connectivity index (χ3v) is 6.09. The predicted molar refractivity (Wildman–Crippen MR) is 119 cm³/mol. The molecule has 2 atom stereocenters. The van der Waals surface area contributed by atoms with E-state index in [1.54, 1.807) is 31.4 Å². The number of anilines is 2. The van der Waals surface area contributed by atoms with E-state index in [-0.39, 0.29) is 11.7 Å². The first kappa shape index (κ1) is 20.7. The summed E-state index contributed by atoms with van der Waals surface area (Å²) in [5.74, 6) is 1.24. The highest BCUT2D eigenvalue weighted by Gasteiger charge is 2.37. The van der Waals surface area contributed by atoms with Gasteiger partial charge in [-0.05, 0) is 58.0 Å². The Morgan fingerprint density at radius 1 is 0.970 bits per heavy atom. The first-order valence-electron chi connectivity index (χ1n) is 10.5. The zero-order valence-electron chi connectivity index (χ0n) is 18.1. The van der Waals surface area contributed by atoms with Crippen LogP contribution in [0.5, 0.6) is 5.75 Å². The maximum absolute atomic E-state index is 13.5. The van der Waals surface area contributed by atoms with Gasteiger partial charge in [-0.3, -0.25) is 4.79 Å². The molecule has 1 aliphatic carbocycles. The van der Waals surface area contributed by atoms with E-state index >= 15 is 0 Å². The molecule has 5 rings (SSSR count). The van der Waals surface area contributed by atoms with Crippen molar-refractivity contribution in [2.45, 2.75) is 24.8 Å². The molecule has 168 valence electrons. The molecule has 3 aromatic rings. The number of esters is 1. The highest BCUT2D eigenvalue weighted by Crippen LogP contribution is 2.43. The molecule has 2 aromatic carbocycles. The van der Waals surface area contributed by atoms with Crippen LogP contribution in [-0.4, -0.2) is 36.3 Å². The molecule has 9 nitrogen and oxygen atoms in total. The Labute approximate surface area is 189 Å². The van der Waals surface area contributed by atoms with Crippen molar-refractivity contribution in [1.82, 2.24) is 10.3 Å². The van der Waals surface area contributed by atoms with Crippen molar-refractivity contribution in [3.8, 4) is 5.75 Å². The van der Waals surface area contributed by atoms with Gasteiger partial charge in [0.15, 0.2) is 5.78 Å². The fourth-order valence-electron chi connectivity index (χ4n) is 4.39. The van der Waals surface area contributed by atoms with Gasteiger partial charge in [-0.15, -0.1) is 0 Å². The van der Waals surface area contributed by atoms with Gasteiger partial charge < -0.3 is 20.1 Å². The van der Waals surface area contributed by atoms with E-state index in [9.17, 15) is 9.59 Å². The highest BCUT2D eigenvalue weighted by atomic mass is 16.6. The number of ether oxygens (including phenoxy) is 2. The van der Waals surface area contributed by atoms with Gasteiger partial charge in [0.25, 0.3) is 0 Å². The average molecular weight is 446 g/mol. The molecule has 2 heterocycles. The number of rotatable bonds is 4. The van der Waals surface area contributed by atoms with Gasteiger partial charge >= 0.3 is 5.97 Å². The maximum Gasteiger partial charge on any atom is 0.337 e. The number of fused-ring (bicyclic) bond motifs is 1. The number of nitrogens with one attached hydrogen (secondary N) is 2. The Hall–Kier alpha value is -4.14. The molecule has 33 heavy (non-hydrogen) atoms. The second kappa shape index (κ2) is 8.42. The van der Waals surface area contributed by atoms with Crippen LogP contribution in [0.4, 0.5) is 11.6 Å². The Morgan fingerprint density at radius 2 is 1.67 bits per heavy atom. The molecule has 0 unspecified atom stereocenters. The first-order chi connectivity index (χ1) is 16.1. The standard InChI is InChI=1S/C24H22N4O5/c1-31-17-9-7-13(8-10-17)16-11-18-20(19(29)12-16)21(26-23-22(25-18)27-33-28-23)14-3-5-15(6-4-14)24(30)32-2/h3-10,16,21H,11-12H2,1-2H3,(H,25,27)(H,26,28)/t16-,21+/m1/s1. The van der Waals surface area contributed by atoms with Crippen molar-refractivity contribution in [3.05, 3.63) is 76.5 Å². The van der Waals surface area contributed by atoms with E-state index < -0.39 is 12.0 Å². The van der Waals surface area contributed by atoms with E-state index in [2.05, 4.69) is 20.9 Å². The second-order valence-electron chi connectivity index (χ2n) is 7.97. The Kier molecular flexibility index (Phi) is 5.29. The number of hydrogen-bond donors (Lipinski definition) is 2. The number of methoxy groups -OCH3 is 2. The monoisotopic (exact) mass is 446 g/mol. The minimum absolute atomic E-state index is 0.0124. The zero-order valence-corrected chi connectivity index (χ0v) is 18.1. The fraction of sp³-hybridized carbons (Fsp3) is 0.250. The van der Waals surface area contributed by atoms with Gasteiger partial charge in [0.1, 0.15) is 5.75 Å². The number of nitrogens with zero attached hydrogens (tertiary/aromatic N) is 2. The third kappa shape index (κ3) is 3.82. The topological polar surface area (TPSA) is 116 Å². The smallest absolute Gasteiger partial charge is 0.337 e. The summed E-state index contributed by atoms with van der Waals surface area (Å²) in [5, 5.41) is 14.4. The molecule has 1 aromatic heterocycles. The second-order valence-corrected chi connectivity index (χ2v) is 7.97. The van der Waals surface area contributed by atoms with Gasteiger partial charge in [0, 0.05) is 17.7 Å². The molecule has 0 bridgehead atoms. The van der Waals surface area contributed by atoms with Crippen LogP contribution in [-0.2, 0) is 9.53 Å². The molecule has 0 saturated heterocycles. The molecular formula is C24H22N4O5. The van der Waals surface area contributed by atoms with E-state index in [0.29, 0.717) is 35.6 Å². The molecule has 0 radical (unpaired) electrons. The predicted octanol–water partition coefficient (Wildman–Crippen LogP) is 3.84. The lowest BCUT2D eigenvalue weighted by atomic mass is 9.78. The molecule has 2 N–H and O–H groups in total. The normalized spacial score (nSPS) is 19.5. The van der Waals surface area contributed by atoms with Crippen LogP contribution in [0.2, 0.25) is 0 Å². The van der Waals surface area contributed by atoms with Crippen molar-refractivity contribution in [2.75, 3.05) is 24.9 Å². The van der Waals surface area contributed by atoms with Gasteiger partial charge in [0.05, 0.1) is 25.8 Å². The Balaban J connectivity index is 1.53. The maximum atomic E-state index is 13.5. The number of Topliss-reactive ketones (excluding diaryl/α,β-unsaturated/α-hetero) is 1. The van der Waals surface area contributed by atoms with E-state index in [1.165, 1.54) is 7.11 Å². The Morgan fingerprint density at radius 3 is 2.36 bits per heavy atom. The van der Waals surface area contributed by atoms with Gasteiger partial charge in [-0.25, -0.2) is 9.42 Å². The van der Waals surface area contributed by atoms with Crippen LogP contribution in [0, 0.1) is 0 Å². The zero-order chi connectivity index (χ0) is 22.9. The summed E-state index contributed by atoms with van der Waals surface area (Å²) in [6, 6.07) is 14.3. The van der Waals surface area contributed by atoms with Crippen molar-refractivity contribution < 1.29 is 23.7 Å². The summed E-state index contributed by atoms with van der Waals surface area (Å²) in [5.41, 5.74) is 3.71. The molecule has 1 aliphatic heterocycles.